The predicted octanol–water partition coefficient (Wildman–Crippen LogP) is 0.995. The molecule has 3 aromatic heterocycles. The Morgan fingerprint density at radius 3 is 3.08 bits per heavy atom. The maximum absolute atomic E-state index is 12.2. The molecule has 0 saturated carbocycles. The maximum atomic E-state index is 12.2. The van der Waals surface area contributed by atoms with Crippen LogP contribution in [0.1, 0.15) is 12.2 Å². The summed E-state index contributed by atoms with van der Waals surface area (Å²) in [6.07, 6.45) is 8.20. The number of urea groups is 1. The van der Waals surface area contributed by atoms with Crippen LogP contribution in [0, 0.1) is 0 Å². The van der Waals surface area contributed by atoms with Gasteiger partial charge in [-0.1, -0.05) is 6.07 Å². The van der Waals surface area contributed by atoms with Crippen molar-refractivity contribution < 1.29 is 4.79 Å². The van der Waals surface area contributed by atoms with Crippen molar-refractivity contribution in [1.82, 2.24) is 34.8 Å². The van der Waals surface area contributed by atoms with Gasteiger partial charge in [-0.05, 0) is 18.6 Å². The molecule has 0 radical (unpaired) electrons. The monoisotopic (exact) mass is 324 g/mol. The van der Waals surface area contributed by atoms with Crippen LogP contribution in [0.4, 0.5) is 10.5 Å². The lowest BCUT2D eigenvalue weighted by molar-refractivity contribution is 0.243. The molecule has 9 nitrogen and oxygen atoms in total. The van der Waals surface area contributed by atoms with Crippen molar-refractivity contribution in [3.05, 3.63) is 48.9 Å². The molecule has 0 spiro atoms. The van der Waals surface area contributed by atoms with Gasteiger partial charge in [-0.3, -0.25) is 0 Å². The molecule has 0 aliphatic carbocycles. The van der Waals surface area contributed by atoms with E-state index in [1.54, 1.807) is 29.6 Å². The third kappa shape index (κ3) is 2.96. The number of hydrogen-bond donors (Lipinski definition) is 2. The molecule has 0 fully saturated rings. The van der Waals surface area contributed by atoms with E-state index in [4.69, 9.17) is 0 Å². The third-order valence-corrected chi connectivity index (χ3v) is 3.87. The Labute approximate surface area is 137 Å². The molecule has 4 rings (SSSR count). The molecule has 0 bridgehead atoms. The summed E-state index contributed by atoms with van der Waals surface area (Å²) in [5, 5.41) is 14.1. The van der Waals surface area contributed by atoms with Crippen LogP contribution in [0.25, 0.3) is 5.82 Å². The third-order valence-electron chi connectivity index (χ3n) is 3.87. The number of rotatable bonds is 3. The Hall–Kier alpha value is -3.23. The maximum Gasteiger partial charge on any atom is 0.319 e. The minimum Gasteiger partial charge on any atom is -0.333 e. The lowest BCUT2D eigenvalue weighted by Crippen LogP contribution is -2.43. The summed E-state index contributed by atoms with van der Waals surface area (Å²) < 4.78 is 3.44. The number of aryl methyl sites for hydroxylation is 1. The summed E-state index contributed by atoms with van der Waals surface area (Å²) in [4.78, 5) is 20.5. The molecule has 122 valence electrons. The first kappa shape index (κ1) is 14.4. The van der Waals surface area contributed by atoms with Crippen molar-refractivity contribution in [3.8, 4) is 5.82 Å². The first-order valence-electron chi connectivity index (χ1n) is 7.68. The molecule has 9 heteroatoms. The van der Waals surface area contributed by atoms with Crippen molar-refractivity contribution in [2.24, 2.45) is 0 Å². The van der Waals surface area contributed by atoms with Crippen LogP contribution in [0.15, 0.2) is 43.1 Å². The van der Waals surface area contributed by atoms with Crippen molar-refractivity contribution in [2.45, 2.75) is 25.4 Å². The van der Waals surface area contributed by atoms with Crippen LogP contribution in [0.2, 0.25) is 0 Å². The van der Waals surface area contributed by atoms with E-state index in [1.165, 1.54) is 0 Å². The molecule has 1 aliphatic rings. The molecule has 3 aromatic rings. The second kappa shape index (κ2) is 6.11. The number of nitrogens with one attached hydrogen (secondary N) is 2. The van der Waals surface area contributed by atoms with Gasteiger partial charge in [0, 0.05) is 12.6 Å². The lowest BCUT2D eigenvalue weighted by atomic mass is 10.1. The standard InChI is InChI=1S/C15H16N8O/c24-15(20-11-4-5-14-17-10-19-23(14)8-11)21-12-7-18-22(9-12)13-3-1-2-6-16-13/h1-3,6-7,9-11H,4-5,8H2,(H2,20,21,24)/t11-/m0/s1. The molecule has 0 saturated heterocycles. The lowest BCUT2D eigenvalue weighted by Gasteiger charge is -2.23. The topological polar surface area (TPSA) is 103 Å². The first-order valence-corrected chi connectivity index (χ1v) is 7.68. The number of carbonyl (C=O) groups is 1. The van der Waals surface area contributed by atoms with E-state index in [1.807, 2.05) is 22.9 Å². The predicted molar refractivity (Wildman–Crippen MR) is 85.6 cm³/mol. The van der Waals surface area contributed by atoms with Crippen LogP contribution >= 0.6 is 0 Å². The normalized spacial score (nSPS) is 16.4. The van der Waals surface area contributed by atoms with E-state index < -0.39 is 0 Å². The average molecular weight is 324 g/mol. The summed E-state index contributed by atoms with van der Waals surface area (Å²) >= 11 is 0. The molecule has 1 atom stereocenters. The number of pyridine rings is 1. The van der Waals surface area contributed by atoms with Crippen molar-refractivity contribution in [2.75, 3.05) is 5.32 Å². The summed E-state index contributed by atoms with van der Waals surface area (Å²) in [5.74, 6) is 1.65. The van der Waals surface area contributed by atoms with E-state index in [0.717, 1.165) is 18.7 Å². The minimum absolute atomic E-state index is 0.0324. The number of nitrogens with zero attached hydrogens (tertiary/aromatic N) is 6. The number of anilines is 1. The second-order valence-corrected chi connectivity index (χ2v) is 5.55. The van der Waals surface area contributed by atoms with Gasteiger partial charge < -0.3 is 10.6 Å². The molecule has 1 aliphatic heterocycles. The zero-order chi connectivity index (χ0) is 16.4. The van der Waals surface area contributed by atoms with E-state index in [-0.39, 0.29) is 12.1 Å². The number of hydrogen-bond acceptors (Lipinski definition) is 5. The Bertz CT molecular complexity index is 840. The van der Waals surface area contributed by atoms with Crippen LogP contribution in [0.3, 0.4) is 0 Å². The van der Waals surface area contributed by atoms with E-state index in [0.29, 0.717) is 18.1 Å². The molecule has 0 aromatic carbocycles. The van der Waals surface area contributed by atoms with Gasteiger partial charge in [0.2, 0.25) is 0 Å². The van der Waals surface area contributed by atoms with Crippen LogP contribution in [-0.2, 0) is 13.0 Å². The summed E-state index contributed by atoms with van der Waals surface area (Å²) in [6, 6.07) is 5.33. The number of amides is 2. The van der Waals surface area contributed by atoms with Gasteiger partial charge in [-0.15, -0.1) is 0 Å². The van der Waals surface area contributed by atoms with Gasteiger partial charge in [0.25, 0.3) is 0 Å². The molecule has 2 N–H and O–H groups in total. The fourth-order valence-electron chi connectivity index (χ4n) is 2.71. The van der Waals surface area contributed by atoms with Crippen LogP contribution < -0.4 is 10.6 Å². The van der Waals surface area contributed by atoms with E-state index in [2.05, 4.69) is 30.8 Å². The molecule has 4 heterocycles. The minimum atomic E-state index is -0.260. The molecule has 2 amide bonds. The van der Waals surface area contributed by atoms with Gasteiger partial charge in [-0.2, -0.15) is 10.2 Å². The Kier molecular flexibility index (Phi) is 3.66. The molecule has 24 heavy (non-hydrogen) atoms. The Balaban J connectivity index is 1.36. The summed E-state index contributed by atoms with van der Waals surface area (Å²) in [7, 11) is 0. The van der Waals surface area contributed by atoms with Gasteiger partial charge >= 0.3 is 6.03 Å². The van der Waals surface area contributed by atoms with Gasteiger partial charge in [0.15, 0.2) is 5.82 Å². The summed E-state index contributed by atoms with van der Waals surface area (Å²) in [5.41, 5.74) is 0.607. The van der Waals surface area contributed by atoms with Crippen LogP contribution in [-0.4, -0.2) is 41.6 Å². The number of carbonyl (C=O) groups excluding carboxylic acids is 1. The molecule has 0 unspecified atom stereocenters. The van der Waals surface area contributed by atoms with Gasteiger partial charge in [0.1, 0.15) is 12.2 Å². The average Bonchev–Trinajstić information content (AvgIpc) is 3.24. The summed E-state index contributed by atoms with van der Waals surface area (Å²) in [6.45, 7) is 0.635. The zero-order valence-electron chi connectivity index (χ0n) is 12.8. The van der Waals surface area contributed by atoms with Crippen molar-refractivity contribution >= 4 is 11.7 Å². The fourth-order valence-corrected chi connectivity index (χ4v) is 2.71. The van der Waals surface area contributed by atoms with Gasteiger partial charge in [0.05, 0.1) is 30.7 Å². The molecular formula is C15H16N8O. The van der Waals surface area contributed by atoms with Crippen molar-refractivity contribution in [1.29, 1.82) is 0 Å². The quantitative estimate of drug-likeness (QED) is 0.748. The molecular weight excluding hydrogens is 308 g/mol. The number of aromatic nitrogens is 6. The van der Waals surface area contributed by atoms with Crippen LogP contribution in [0.5, 0.6) is 0 Å². The number of fused-ring (bicyclic) bond motifs is 1. The second-order valence-electron chi connectivity index (χ2n) is 5.55. The van der Waals surface area contributed by atoms with Crippen molar-refractivity contribution in [3.63, 3.8) is 0 Å². The fraction of sp³-hybridized carbons (Fsp3) is 0.267. The Morgan fingerprint density at radius 1 is 1.25 bits per heavy atom. The Morgan fingerprint density at radius 2 is 2.21 bits per heavy atom. The van der Waals surface area contributed by atoms with E-state index in [9.17, 15) is 4.79 Å². The van der Waals surface area contributed by atoms with Gasteiger partial charge in [-0.25, -0.2) is 24.1 Å². The SMILES string of the molecule is O=C(Nc1cnn(-c2ccccn2)c1)N[C@H]1CCc2ncnn2C1. The highest BCUT2D eigenvalue weighted by Gasteiger charge is 2.21. The first-order chi connectivity index (χ1) is 11.8. The smallest absolute Gasteiger partial charge is 0.319 e. The zero-order valence-corrected chi connectivity index (χ0v) is 12.8. The van der Waals surface area contributed by atoms with E-state index >= 15 is 0 Å². The largest absolute Gasteiger partial charge is 0.333 e. The highest BCUT2D eigenvalue weighted by molar-refractivity contribution is 5.89. The highest BCUT2D eigenvalue weighted by Crippen LogP contribution is 2.12. The highest BCUT2D eigenvalue weighted by atomic mass is 16.2.